The lowest BCUT2D eigenvalue weighted by Crippen LogP contribution is -2.36. The van der Waals surface area contributed by atoms with E-state index in [-0.39, 0.29) is 17.3 Å². The number of nitrogens with zero attached hydrogens (tertiary/aromatic N) is 1. The molecule has 1 aromatic rings. The third kappa shape index (κ3) is 3.67. The fourth-order valence-corrected chi connectivity index (χ4v) is 2.43. The van der Waals surface area contributed by atoms with Crippen molar-refractivity contribution in [2.45, 2.75) is 11.8 Å². The van der Waals surface area contributed by atoms with Crippen LogP contribution in [-0.4, -0.2) is 39.4 Å². The first-order chi connectivity index (χ1) is 8.51. The van der Waals surface area contributed by atoms with Gasteiger partial charge in [-0.05, 0) is 13.0 Å². The van der Waals surface area contributed by atoms with E-state index < -0.39 is 10.0 Å². The molecule has 18 heavy (non-hydrogen) atoms. The number of carbonyl (C=O) groups is 1. The van der Waals surface area contributed by atoms with Gasteiger partial charge in [0.1, 0.15) is 4.90 Å². The van der Waals surface area contributed by atoms with Crippen LogP contribution in [0.3, 0.4) is 0 Å². The van der Waals surface area contributed by atoms with Gasteiger partial charge < -0.3 is 10.6 Å². The Morgan fingerprint density at radius 2 is 2.17 bits per heavy atom. The monoisotopic (exact) mass is 272 g/mol. The number of sulfonamides is 1. The average molecular weight is 272 g/mol. The first kappa shape index (κ1) is 14.4. The van der Waals surface area contributed by atoms with Crippen molar-refractivity contribution in [2.75, 3.05) is 25.5 Å². The molecule has 1 rings (SSSR count). The Kier molecular flexibility index (Phi) is 5.05. The lowest BCUT2D eigenvalue weighted by molar-refractivity contribution is -0.119. The van der Waals surface area contributed by atoms with Crippen molar-refractivity contribution in [3.8, 4) is 0 Å². The number of rotatable bonds is 6. The summed E-state index contributed by atoms with van der Waals surface area (Å²) in [6, 6.07) is 1.54. The van der Waals surface area contributed by atoms with Gasteiger partial charge in [0.25, 0.3) is 0 Å². The molecule has 0 aromatic carbocycles. The van der Waals surface area contributed by atoms with Gasteiger partial charge in [0.05, 0.1) is 12.2 Å². The molecule has 8 heteroatoms. The second kappa shape index (κ2) is 6.31. The predicted octanol–water partition coefficient (Wildman–Crippen LogP) is -0.462. The summed E-state index contributed by atoms with van der Waals surface area (Å²) in [7, 11) is -2.14. The topological polar surface area (TPSA) is 100 Å². The van der Waals surface area contributed by atoms with E-state index in [1.807, 2.05) is 0 Å². The van der Waals surface area contributed by atoms with E-state index in [0.29, 0.717) is 12.2 Å². The van der Waals surface area contributed by atoms with Gasteiger partial charge in [-0.1, -0.05) is 0 Å². The smallest absolute Gasteiger partial charge is 0.244 e. The molecule has 7 nitrogen and oxygen atoms in total. The molecule has 0 bridgehead atoms. The molecule has 0 fully saturated rings. The zero-order valence-electron chi connectivity index (χ0n) is 10.2. The van der Waals surface area contributed by atoms with Gasteiger partial charge in [0.2, 0.25) is 15.9 Å². The molecule has 0 saturated heterocycles. The summed E-state index contributed by atoms with van der Waals surface area (Å²) < 4.78 is 26.1. The normalized spacial score (nSPS) is 11.0. The molecule has 100 valence electrons. The molecule has 0 aliphatic heterocycles. The summed E-state index contributed by atoms with van der Waals surface area (Å²) in [5.74, 6) is -0.379. The molecular weight excluding hydrogens is 256 g/mol. The summed E-state index contributed by atoms with van der Waals surface area (Å²) in [4.78, 5) is 15.0. The van der Waals surface area contributed by atoms with Crippen LogP contribution in [0, 0.1) is 0 Å². The average Bonchev–Trinajstić information content (AvgIpc) is 2.37. The highest BCUT2D eigenvalue weighted by molar-refractivity contribution is 7.89. The maximum absolute atomic E-state index is 11.9. The van der Waals surface area contributed by atoms with Crippen LogP contribution >= 0.6 is 0 Å². The molecule has 0 aliphatic rings. The number of aromatic nitrogens is 1. The minimum atomic E-state index is -3.75. The maximum atomic E-state index is 11.9. The Bertz CT molecular complexity index is 516. The van der Waals surface area contributed by atoms with Crippen molar-refractivity contribution in [1.29, 1.82) is 0 Å². The van der Waals surface area contributed by atoms with E-state index >= 15 is 0 Å². The molecular formula is C10H16N4O3S. The second-order valence-corrected chi connectivity index (χ2v) is 5.14. The molecule has 0 spiro atoms. The molecule has 1 heterocycles. The highest BCUT2D eigenvalue weighted by Crippen LogP contribution is 2.18. The summed E-state index contributed by atoms with van der Waals surface area (Å²) in [5.41, 5.74) is 0.424. The number of likely N-dealkylation sites (N-methyl/N-ethyl adjacent to an activating group) is 1. The number of nitrogens with one attached hydrogen (secondary N) is 3. The summed E-state index contributed by atoms with van der Waals surface area (Å²) >= 11 is 0. The first-order valence-corrected chi connectivity index (χ1v) is 6.87. The van der Waals surface area contributed by atoms with E-state index in [9.17, 15) is 13.2 Å². The van der Waals surface area contributed by atoms with Crippen LogP contribution in [0.25, 0.3) is 0 Å². The number of anilines is 1. The van der Waals surface area contributed by atoms with Crippen LogP contribution in [0.5, 0.6) is 0 Å². The largest absolute Gasteiger partial charge is 0.387 e. The summed E-state index contributed by atoms with van der Waals surface area (Å²) in [6.45, 7) is 1.91. The van der Waals surface area contributed by atoms with Crippen LogP contribution in [0.1, 0.15) is 6.92 Å². The molecule has 0 saturated carbocycles. The lowest BCUT2D eigenvalue weighted by atomic mass is 10.4. The van der Waals surface area contributed by atoms with Crippen molar-refractivity contribution < 1.29 is 13.2 Å². The fraction of sp³-hybridized carbons (Fsp3) is 0.400. The maximum Gasteiger partial charge on any atom is 0.244 e. The second-order valence-electron chi connectivity index (χ2n) is 3.40. The number of carbonyl (C=O) groups excluding carboxylic acids is 1. The minimum absolute atomic E-state index is 0.0109. The Hall–Kier alpha value is -1.67. The number of pyridine rings is 1. The van der Waals surface area contributed by atoms with Crippen LogP contribution < -0.4 is 15.4 Å². The van der Waals surface area contributed by atoms with E-state index in [0.717, 1.165) is 0 Å². The third-order valence-corrected chi connectivity index (χ3v) is 3.57. The van der Waals surface area contributed by atoms with E-state index in [1.54, 1.807) is 20.0 Å². The minimum Gasteiger partial charge on any atom is -0.387 e. The van der Waals surface area contributed by atoms with Crippen LogP contribution in [-0.2, 0) is 14.8 Å². The van der Waals surface area contributed by atoms with Crippen molar-refractivity contribution >= 4 is 21.6 Å². The summed E-state index contributed by atoms with van der Waals surface area (Å²) in [5, 5.41) is 5.26. The Morgan fingerprint density at radius 3 is 2.78 bits per heavy atom. The molecule has 0 unspecified atom stereocenters. The fourth-order valence-electron chi connectivity index (χ4n) is 1.30. The molecule has 0 aliphatic carbocycles. The van der Waals surface area contributed by atoms with Gasteiger partial charge in [0.15, 0.2) is 0 Å². The summed E-state index contributed by atoms with van der Waals surface area (Å²) in [6.07, 6.45) is 2.71. The van der Waals surface area contributed by atoms with E-state index in [2.05, 4.69) is 20.3 Å². The Labute approximate surface area is 106 Å². The zero-order valence-corrected chi connectivity index (χ0v) is 11.0. The van der Waals surface area contributed by atoms with Crippen molar-refractivity contribution in [2.24, 2.45) is 0 Å². The van der Waals surface area contributed by atoms with E-state index in [1.165, 1.54) is 12.4 Å². The number of hydrogen-bond donors (Lipinski definition) is 3. The van der Waals surface area contributed by atoms with Crippen LogP contribution in [0.4, 0.5) is 5.69 Å². The Morgan fingerprint density at radius 1 is 1.44 bits per heavy atom. The lowest BCUT2D eigenvalue weighted by Gasteiger charge is -2.10. The highest BCUT2D eigenvalue weighted by Gasteiger charge is 2.18. The molecule has 0 radical (unpaired) electrons. The number of amides is 1. The first-order valence-electron chi connectivity index (χ1n) is 5.39. The van der Waals surface area contributed by atoms with Crippen LogP contribution in [0.2, 0.25) is 0 Å². The zero-order chi connectivity index (χ0) is 13.6. The SMILES string of the molecule is CCNC(=O)CNS(=O)(=O)c1cnccc1NC. The quantitative estimate of drug-likeness (QED) is 0.650. The molecule has 0 atom stereocenters. The van der Waals surface area contributed by atoms with Gasteiger partial charge >= 0.3 is 0 Å². The van der Waals surface area contributed by atoms with Gasteiger partial charge in [-0.3, -0.25) is 9.78 Å². The highest BCUT2D eigenvalue weighted by atomic mass is 32.2. The molecule has 3 N–H and O–H groups in total. The molecule has 1 amide bonds. The van der Waals surface area contributed by atoms with Crippen molar-refractivity contribution in [3.63, 3.8) is 0 Å². The van der Waals surface area contributed by atoms with Crippen molar-refractivity contribution in [1.82, 2.24) is 15.0 Å². The standard InChI is InChI=1S/C10H16N4O3S/c1-3-13-10(15)7-14-18(16,17)9-6-12-5-4-8(9)11-2/h4-6,14H,3,7H2,1-2H3,(H,11,12)(H,13,15). The van der Waals surface area contributed by atoms with Crippen LogP contribution in [0.15, 0.2) is 23.4 Å². The van der Waals surface area contributed by atoms with Gasteiger partial charge in [-0.2, -0.15) is 0 Å². The van der Waals surface area contributed by atoms with Gasteiger partial charge in [0, 0.05) is 26.0 Å². The van der Waals surface area contributed by atoms with Gasteiger partial charge in [-0.25, -0.2) is 13.1 Å². The molecule has 1 aromatic heterocycles. The van der Waals surface area contributed by atoms with Gasteiger partial charge in [-0.15, -0.1) is 0 Å². The van der Waals surface area contributed by atoms with E-state index in [4.69, 9.17) is 0 Å². The third-order valence-electron chi connectivity index (χ3n) is 2.14. The number of hydrogen-bond acceptors (Lipinski definition) is 5. The predicted molar refractivity (Wildman–Crippen MR) is 67.7 cm³/mol. The Balaban J connectivity index is 2.83. The van der Waals surface area contributed by atoms with Crippen molar-refractivity contribution in [3.05, 3.63) is 18.5 Å².